The van der Waals surface area contributed by atoms with Crippen molar-refractivity contribution >= 4 is 29.8 Å². The summed E-state index contributed by atoms with van der Waals surface area (Å²) >= 11 is 0. The molecule has 1 aromatic rings. The number of rotatable bonds is 6. The maximum atomic E-state index is 12.7. The van der Waals surface area contributed by atoms with Gasteiger partial charge in [0.05, 0.1) is 6.04 Å². The second-order valence-corrected chi connectivity index (χ2v) is 10.1. The number of carbonyl (C=O) groups is 4. The highest BCUT2D eigenvalue weighted by atomic mass is 19.4. The number of anilines is 1. The third-order valence-corrected chi connectivity index (χ3v) is 6.00. The summed E-state index contributed by atoms with van der Waals surface area (Å²) in [6, 6.07) is 2.57. The number of aliphatic carboxylic acids is 3. The zero-order valence-corrected chi connectivity index (χ0v) is 24.7. The number of nitrogens with zero attached hydrogens (tertiary/aromatic N) is 5. The molecule has 1 aromatic heterocycles. The van der Waals surface area contributed by atoms with E-state index >= 15 is 0 Å². The summed E-state index contributed by atoms with van der Waals surface area (Å²) in [5.74, 6) is -6.80. The topological polar surface area (TPSA) is 176 Å². The van der Waals surface area contributed by atoms with E-state index in [1.807, 2.05) is 20.2 Å². The monoisotopic (exact) mass is 688 g/mol. The molecule has 0 aromatic carbocycles. The van der Waals surface area contributed by atoms with E-state index in [9.17, 15) is 44.3 Å². The average molecular weight is 689 g/mol. The first-order valence-electron chi connectivity index (χ1n) is 12.9. The average Bonchev–Trinajstić information content (AvgIpc) is 3.47. The molecule has 4 N–H and O–H groups in total. The molecule has 2 fully saturated rings. The van der Waals surface area contributed by atoms with Gasteiger partial charge in [0.25, 0.3) is 0 Å². The van der Waals surface area contributed by atoms with Crippen LogP contribution in [0.5, 0.6) is 0 Å². The van der Waals surface area contributed by atoms with Crippen LogP contribution in [-0.4, -0.2) is 136 Å². The molecule has 3 heterocycles. The van der Waals surface area contributed by atoms with Crippen LogP contribution in [0.1, 0.15) is 20.3 Å². The summed E-state index contributed by atoms with van der Waals surface area (Å²) in [6.07, 6.45) is -10.8. The van der Waals surface area contributed by atoms with E-state index in [1.54, 1.807) is 12.4 Å². The molecule has 3 atom stereocenters. The Morgan fingerprint density at radius 3 is 1.63 bits per heavy atom. The lowest BCUT2D eigenvalue weighted by Gasteiger charge is -2.33. The highest BCUT2D eigenvalue weighted by Gasteiger charge is 2.50. The molecule has 0 radical (unpaired) electrons. The quantitative estimate of drug-likeness (QED) is 0.322. The third-order valence-electron chi connectivity index (χ3n) is 6.00. The van der Waals surface area contributed by atoms with Crippen molar-refractivity contribution in [2.45, 2.75) is 56.9 Å². The van der Waals surface area contributed by atoms with Gasteiger partial charge in [-0.05, 0) is 46.3 Å². The Labute approximate surface area is 256 Å². The number of halogens is 9. The Kier molecular flexibility index (Phi) is 16.1. The molecular formula is C24H33F9N6O7. The second-order valence-electron chi connectivity index (χ2n) is 10.1. The van der Waals surface area contributed by atoms with Gasteiger partial charge in [0.15, 0.2) is 0 Å². The summed E-state index contributed by atoms with van der Waals surface area (Å²) in [5, 5.41) is 24.5. The van der Waals surface area contributed by atoms with Crippen LogP contribution in [0.4, 0.5) is 45.5 Å². The summed E-state index contributed by atoms with van der Waals surface area (Å²) in [7, 11) is 4.04. The van der Waals surface area contributed by atoms with Crippen LogP contribution in [0, 0.1) is 5.92 Å². The van der Waals surface area contributed by atoms with Gasteiger partial charge in [-0.15, -0.1) is 0 Å². The molecule has 264 valence electrons. The number of alkyl halides is 9. The standard InChI is InChI=1S/C18H30N6O.3C2HF3O2/c1-13(2)24-15(17(25)19-8-9-22(3)4)10-14-11-23(12-16(14)24)18-20-6-5-7-21-18;3*3-2(4,5)1(6)7/h5-7,13-16H,8-12H2,1-4H3,(H,19,25);3*(H,6,7)/t14-,15+,16+;;;/m0.../s1. The molecule has 2 aliphatic rings. The first-order valence-corrected chi connectivity index (χ1v) is 12.9. The molecule has 1 amide bonds. The molecule has 0 saturated carbocycles. The maximum Gasteiger partial charge on any atom is 0.490 e. The molecule has 13 nitrogen and oxygen atoms in total. The molecule has 2 saturated heterocycles. The number of nitrogens with one attached hydrogen (secondary N) is 1. The maximum absolute atomic E-state index is 12.7. The molecular weight excluding hydrogens is 655 g/mol. The van der Waals surface area contributed by atoms with Crippen molar-refractivity contribution in [2.24, 2.45) is 5.92 Å². The van der Waals surface area contributed by atoms with Gasteiger partial charge >= 0.3 is 36.4 Å². The fraction of sp³-hybridized carbons (Fsp3) is 0.667. The van der Waals surface area contributed by atoms with Gasteiger partial charge in [0.2, 0.25) is 11.9 Å². The lowest BCUT2D eigenvalue weighted by atomic mass is 10.0. The van der Waals surface area contributed by atoms with E-state index in [4.69, 9.17) is 29.7 Å². The predicted molar refractivity (Wildman–Crippen MR) is 140 cm³/mol. The number of aromatic nitrogens is 2. The minimum atomic E-state index is -5.08. The fourth-order valence-electron chi connectivity index (χ4n) is 4.19. The molecule has 22 heteroatoms. The lowest BCUT2D eigenvalue weighted by Crippen LogP contribution is -2.51. The second kappa shape index (κ2) is 17.7. The number of amides is 1. The van der Waals surface area contributed by atoms with Gasteiger partial charge in [-0.2, -0.15) is 39.5 Å². The SMILES string of the molecule is CC(C)N1[C@@H](C(=O)NCCN(C)C)C[C@H]2CN(c3ncccn3)C[C@H]21.O=C(O)C(F)(F)F.O=C(O)C(F)(F)F.O=C(O)C(F)(F)F. The Balaban J connectivity index is 0.000000786. The molecule has 46 heavy (non-hydrogen) atoms. The van der Waals surface area contributed by atoms with Crippen LogP contribution in [0.2, 0.25) is 0 Å². The zero-order chi connectivity index (χ0) is 36.2. The molecule has 0 unspecified atom stereocenters. The highest BCUT2D eigenvalue weighted by Crippen LogP contribution is 2.38. The van der Waals surface area contributed by atoms with Crippen molar-refractivity contribution < 1.29 is 74.0 Å². The molecule has 3 rings (SSSR count). The van der Waals surface area contributed by atoms with Crippen LogP contribution in [0.15, 0.2) is 18.5 Å². The first-order chi connectivity index (χ1) is 20.8. The van der Waals surface area contributed by atoms with Crippen molar-refractivity contribution in [3.8, 4) is 0 Å². The van der Waals surface area contributed by atoms with Crippen molar-refractivity contribution in [1.82, 2.24) is 25.1 Å². The zero-order valence-electron chi connectivity index (χ0n) is 24.7. The van der Waals surface area contributed by atoms with Gasteiger partial charge in [0, 0.05) is 50.7 Å². The molecule has 0 bridgehead atoms. The van der Waals surface area contributed by atoms with Crippen LogP contribution >= 0.6 is 0 Å². The third kappa shape index (κ3) is 14.9. The number of hydrogen-bond donors (Lipinski definition) is 4. The molecule has 0 aliphatic carbocycles. The van der Waals surface area contributed by atoms with E-state index in [2.05, 4.69) is 43.8 Å². The number of carboxylic acid groups (broad SMARTS) is 3. The fourth-order valence-corrected chi connectivity index (χ4v) is 4.19. The number of fused-ring (bicyclic) bond motifs is 1. The van der Waals surface area contributed by atoms with Crippen LogP contribution in [-0.2, 0) is 19.2 Å². The van der Waals surface area contributed by atoms with E-state index < -0.39 is 36.4 Å². The van der Waals surface area contributed by atoms with E-state index in [0.29, 0.717) is 24.5 Å². The van der Waals surface area contributed by atoms with Gasteiger partial charge in [-0.1, -0.05) is 0 Å². The van der Waals surface area contributed by atoms with Crippen LogP contribution in [0.3, 0.4) is 0 Å². The summed E-state index contributed by atoms with van der Waals surface area (Å²) in [4.78, 5) is 54.9. The smallest absolute Gasteiger partial charge is 0.475 e. The summed E-state index contributed by atoms with van der Waals surface area (Å²) < 4.78 is 95.2. The van der Waals surface area contributed by atoms with Crippen LogP contribution in [0.25, 0.3) is 0 Å². The minimum absolute atomic E-state index is 0.0176. The normalized spacial score (nSPS) is 19.5. The highest BCUT2D eigenvalue weighted by molar-refractivity contribution is 5.82. The van der Waals surface area contributed by atoms with E-state index in [-0.39, 0.29) is 11.9 Å². The first kappa shape index (κ1) is 42.0. The van der Waals surface area contributed by atoms with E-state index in [1.165, 1.54) is 0 Å². The minimum Gasteiger partial charge on any atom is -0.475 e. The van der Waals surface area contributed by atoms with Crippen molar-refractivity contribution in [3.63, 3.8) is 0 Å². The van der Waals surface area contributed by atoms with Gasteiger partial charge in [-0.25, -0.2) is 24.4 Å². The van der Waals surface area contributed by atoms with Gasteiger partial charge in [-0.3, -0.25) is 9.69 Å². The Hall–Kier alpha value is -3.95. The van der Waals surface area contributed by atoms with Crippen molar-refractivity contribution in [1.29, 1.82) is 0 Å². The van der Waals surface area contributed by atoms with Crippen LogP contribution < -0.4 is 10.2 Å². The van der Waals surface area contributed by atoms with Gasteiger partial charge < -0.3 is 30.4 Å². The lowest BCUT2D eigenvalue weighted by molar-refractivity contribution is -0.193. The van der Waals surface area contributed by atoms with Gasteiger partial charge in [0.1, 0.15) is 0 Å². The number of likely N-dealkylation sites (N-methyl/N-ethyl adjacent to an activating group) is 1. The largest absolute Gasteiger partial charge is 0.490 e. The summed E-state index contributed by atoms with van der Waals surface area (Å²) in [5.41, 5.74) is 0. The number of likely N-dealkylation sites (tertiary alicyclic amines) is 1. The Bertz CT molecular complexity index is 1080. The Morgan fingerprint density at radius 2 is 1.28 bits per heavy atom. The van der Waals surface area contributed by atoms with Crippen molar-refractivity contribution in [3.05, 3.63) is 18.5 Å². The number of carbonyl (C=O) groups excluding carboxylic acids is 1. The molecule has 2 aliphatic heterocycles. The van der Waals surface area contributed by atoms with E-state index in [0.717, 1.165) is 32.0 Å². The number of hydrogen-bond acceptors (Lipinski definition) is 9. The van der Waals surface area contributed by atoms with Crippen molar-refractivity contribution in [2.75, 3.05) is 45.2 Å². The molecule has 0 spiro atoms. The summed E-state index contributed by atoms with van der Waals surface area (Å²) in [6.45, 7) is 7.77. The Morgan fingerprint density at radius 1 is 0.870 bits per heavy atom. The predicted octanol–water partition coefficient (Wildman–Crippen LogP) is 2.34. The number of carboxylic acids is 3.